The van der Waals surface area contributed by atoms with E-state index in [9.17, 15) is 0 Å². The van der Waals surface area contributed by atoms with Crippen molar-refractivity contribution < 1.29 is 0 Å². The van der Waals surface area contributed by atoms with E-state index >= 15 is 0 Å². The highest BCUT2D eigenvalue weighted by Gasteiger charge is 2.15. The lowest BCUT2D eigenvalue weighted by Crippen LogP contribution is -1.80. The molecule has 0 amide bonds. The molecule has 0 atom stereocenters. The number of rotatable bonds is 14. The Bertz CT molecular complexity index is 1280. The summed E-state index contributed by atoms with van der Waals surface area (Å²) in [6, 6.07) is 18.1. The fourth-order valence-electron chi connectivity index (χ4n) is 4.33. The Kier molecular flexibility index (Phi) is 9.78. The second-order valence-electron chi connectivity index (χ2n) is 9.39. The van der Waals surface area contributed by atoms with E-state index in [0.29, 0.717) is 0 Å². The molecule has 5 aromatic heterocycles. The van der Waals surface area contributed by atoms with Crippen LogP contribution >= 0.6 is 56.7 Å². The van der Waals surface area contributed by atoms with Crippen molar-refractivity contribution >= 4 is 56.7 Å². The van der Waals surface area contributed by atoms with Crippen molar-refractivity contribution in [1.29, 1.82) is 0 Å². The molecule has 0 aliphatic heterocycles. The van der Waals surface area contributed by atoms with E-state index in [1.54, 1.807) is 11.3 Å². The summed E-state index contributed by atoms with van der Waals surface area (Å²) in [6.45, 7) is 4.54. The van der Waals surface area contributed by atoms with E-state index in [0.717, 1.165) is 10.0 Å². The number of hydrogen-bond acceptors (Lipinski definition) is 7. The number of thiophene rings is 4. The van der Waals surface area contributed by atoms with E-state index in [2.05, 4.69) is 72.6 Å². The highest BCUT2D eigenvalue weighted by atomic mass is 32.1. The van der Waals surface area contributed by atoms with Crippen LogP contribution in [0.1, 0.15) is 75.0 Å². The molecule has 0 saturated heterocycles. The number of aryl methyl sites for hydroxylation is 2. The molecular formula is C30H34N2S5. The Balaban J connectivity index is 1.22. The maximum absolute atomic E-state index is 4.56. The van der Waals surface area contributed by atoms with Gasteiger partial charge in [0.25, 0.3) is 0 Å². The quantitative estimate of drug-likeness (QED) is 0.122. The van der Waals surface area contributed by atoms with Gasteiger partial charge in [0, 0.05) is 29.3 Å². The van der Waals surface area contributed by atoms with Crippen LogP contribution in [0.25, 0.3) is 39.3 Å². The van der Waals surface area contributed by atoms with E-state index in [1.807, 2.05) is 45.3 Å². The van der Waals surface area contributed by atoms with Crippen molar-refractivity contribution in [2.24, 2.45) is 0 Å². The first kappa shape index (κ1) is 26.9. The zero-order valence-corrected chi connectivity index (χ0v) is 25.7. The third-order valence-corrected chi connectivity index (χ3v) is 12.5. The van der Waals surface area contributed by atoms with Crippen LogP contribution < -0.4 is 0 Å². The Morgan fingerprint density at radius 2 is 0.838 bits per heavy atom. The highest BCUT2D eigenvalue weighted by Crippen LogP contribution is 2.42. The van der Waals surface area contributed by atoms with Gasteiger partial charge in [-0.25, -0.2) is 0 Å². The predicted molar refractivity (Wildman–Crippen MR) is 169 cm³/mol. The molecule has 0 N–H and O–H groups in total. The molecule has 0 aliphatic carbocycles. The molecule has 5 aromatic rings. The van der Waals surface area contributed by atoms with Crippen LogP contribution in [0.5, 0.6) is 0 Å². The van der Waals surface area contributed by atoms with Gasteiger partial charge in [0.2, 0.25) is 0 Å². The first-order chi connectivity index (χ1) is 18.2. The minimum absolute atomic E-state index is 1.02. The second-order valence-corrected chi connectivity index (χ2v) is 14.9. The highest BCUT2D eigenvalue weighted by molar-refractivity contribution is 7.29. The minimum Gasteiger partial charge on any atom is -0.139 e. The van der Waals surface area contributed by atoms with Gasteiger partial charge >= 0.3 is 0 Å². The van der Waals surface area contributed by atoms with Crippen LogP contribution in [-0.2, 0) is 12.8 Å². The molecule has 194 valence electrons. The minimum atomic E-state index is 1.02. The largest absolute Gasteiger partial charge is 0.158 e. The SMILES string of the molecule is CCCCCCc1ccc(-c2ccc(-c3nnc(-c4ccc(-c5ccc(CCCCCC)s5)s4)s3)s2)s1. The Labute approximate surface area is 241 Å². The van der Waals surface area contributed by atoms with Crippen molar-refractivity contribution in [3.05, 3.63) is 58.3 Å². The molecule has 0 radical (unpaired) electrons. The normalized spacial score (nSPS) is 11.5. The standard InChI is InChI=1S/C30H34N2S5/c1-3-5-7-9-11-21-13-15-23(33-21)25-17-19-27(35-25)29-31-32-30(37-29)28-20-18-26(36-28)24-16-14-22(34-24)12-10-8-6-4-2/h13-20H,3-12H2,1-2H3. The van der Waals surface area contributed by atoms with Gasteiger partial charge in [-0.15, -0.1) is 55.5 Å². The molecule has 5 rings (SSSR count). The molecule has 7 heteroatoms. The van der Waals surface area contributed by atoms with E-state index in [4.69, 9.17) is 0 Å². The third kappa shape index (κ3) is 7.07. The summed E-state index contributed by atoms with van der Waals surface area (Å²) in [4.78, 5) is 10.8. The van der Waals surface area contributed by atoms with Gasteiger partial charge in [0.1, 0.15) is 0 Å². The summed E-state index contributed by atoms with van der Waals surface area (Å²) in [5.74, 6) is 0. The average Bonchev–Trinajstić information content (AvgIpc) is 3.73. The number of aromatic nitrogens is 2. The van der Waals surface area contributed by atoms with Crippen LogP contribution in [0.4, 0.5) is 0 Å². The Morgan fingerprint density at radius 3 is 1.30 bits per heavy atom. The molecular weight excluding hydrogens is 549 g/mol. The zero-order chi connectivity index (χ0) is 25.5. The molecule has 5 heterocycles. The van der Waals surface area contributed by atoms with E-state index < -0.39 is 0 Å². The summed E-state index contributed by atoms with van der Waals surface area (Å²) in [7, 11) is 0. The van der Waals surface area contributed by atoms with Crippen LogP contribution in [0, 0.1) is 0 Å². The smallest absolute Gasteiger partial charge is 0.139 e. The van der Waals surface area contributed by atoms with Crippen LogP contribution in [0.15, 0.2) is 48.5 Å². The zero-order valence-electron chi connectivity index (χ0n) is 21.6. The predicted octanol–water partition coefficient (Wildman–Crippen LogP) is 11.7. The average molecular weight is 583 g/mol. The summed E-state index contributed by atoms with van der Waals surface area (Å²) >= 11 is 9.25. The van der Waals surface area contributed by atoms with Crippen molar-refractivity contribution in [2.45, 2.75) is 78.1 Å². The van der Waals surface area contributed by atoms with Gasteiger partial charge in [-0.3, -0.25) is 0 Å². The maximum atomic E-state index is 4.56. The van der Waals surface area contributed by atoms with Crippen LogP contribution in [-0.4, -0.2) is 10.2 Å². The van der Waals surface area contributed by atoms with Crippen molar-refractivity contribution in [3.8, 4) is 39.3 Å². The van der Waals surface area contributed by atoms with Gasteiger partial charge in [-0.2, -0.15) is 0 Å². The maximum Gasteiger partial charge on any atom is 0.158 e. The molecule has 0 fully saturated rings. The monoisotopic (exact) mass is 582 g/mol. The lowest BCUT2D eigenvalue weighted by Gasteiger charge is -1.96. The van der Waals surface area contributed by atoms with Gasteiger partial charge in [0.05, 0.1) is 9.75 Å². The fourth-order valence-corrected chi connectivity index (χ4v) is 9.57. The fraction of sp³-hybridized carbons (Fsp3) is 0.400. The lowest BCUT2D eigenvalue weighted by molar-refractivity contribution is 0.670. The van der Waals surface area contributed by atoms with Crippen molar-refractivity contribution in [1.82, 2.24) is 10.2 Å². The van der Waals surface area contributed by atoms with Gasteiger partial charge < -0.3 is 0 Å². The number of nitrogens with zero attached hydrogens (tertiary/aromatic N) is 2. The van der Waals surface area contributed by atoms with Gasteiger partial charge in [0.15, 0.2) is 10.0 Å². The Hall–Kier alpha value is -1.64. The topological polar surface area (TPSA) is 25.8 Å². The summed E-state index contributed by atoms with van der Waals surface area (Å²) in [5, 5.41) is 11.2. The van der Waals surface area contributed by atoms with Crippen LogP contribution in [0.2, 0.25) is 0 Å². The first-order valence-electron chi connectivity index (χ1n) is 13.5. The van der Waals surface area contributed by atoms with Crippen LogP contribution in [0.3, 0.4) is 0 Å². The summed E-state index contributed by atoms with van der Waals surface area (Å²) < 4.78 is 0. The third-order valence-electron chi connectivity index (χ3n) is 6.42. The molecule has 2 nitrogen and oxygen atoms in total. The van der Waals surface area contributed by atoms with Gasteiger partial charge in [-0.1, -0.05) is 63.7 Å². The first-order valence-corrected chi connectivity index (χ1v) is 17.5. The molecule has 0 spiro atoms. The molecule has 0 saturated carbocycles. The van der Waals surface area contributed by atoms with Gasteiger partial charge in [-0.05, 0) is 74.2 Å². The van der Waals surface area contributed by atoms with Crippen molar-refractivity contribution in [3.63, 3.8) is 0 Å². The molecule has 0 unspecified atom stereocenters. The number of hydrogen-bond donors (Lipinski definition) is 0. The van der Waals surface area contributed by atoms with Crippen molar-refractivity contribution in [2.75, 3.05) is 0 Å². The lowest BCUT2D eigenvalue weighted by atomic mass is 10.1. The summed E-state index contributed by atoms with van der Waals surface area (Å²) in [5.41, 5.74) is 0. The summed E-state index contributed by atoms with van der Waals surface area (Å²) in [6.07, 6.45) is 13.0. The Morgan fingerprint density at radius 1 is 0.432 bits per heavy atom. The van der Waals surface area contributed by atoms with E-state index in [1.165, 1.54) is 103 Å². The molecule has 0 aliphatic rings. The second kappa shape index (κ2) is 13.4. The molecule has 0 aromatic carbocycles. The van der Waals surface area contributed by atoms with E-state index in [-0.39, 0.29) is 0 Å². The molecule has 0 bridgehead atoms. The molecule has 37 heavy (non-hydrogen) atoms. The number of unbranched alkanes of at least 4 members (excludes halogenated alkanes) is 6.